The van der Waals surface area contributed by atoms with Gasteiger partial charge in [-0.2, -0.15) is 0 Å². The molecule has 0 rings (SSSR count). The summed E-state index contributed by atoms with van der Waals surface area (Å²) in [7, 11) is 0. The lowest BCUT2D eigenvalue weighted by atomic mass is 10.3. The van der Waals surface area contributed by atoms with Gasteiger partial charge in [-0.25, -0.2) is 0 Å². The molecule has 0 fully saturated rings. The number of hydrogen-bond donors (Lipinski definition) is 2. The summed E-state index contributed by atoms with van der Waals surface area (Å²) >= 11 is 0. The molecule has 56 valence electrons. The van der Waals surface area contributed by atoms with Crippen LogP contribution in [-0.2, 0) is 0 Å². The monoisotopic (exact) mass is 139 g/mol. The minimum atomic E-state index is 0.470. The summed E-state index contributed by atoms with van der Waals surface area (Å²) in [6.07, 6.45) is 1.55. The molecule has 0 saturated heterocycles. The third kappa shape index (κ3) is 3.72. The van der Waals surface area contributed by atoms with Gasteiger partial charge in [0.1, 0.15) is 0 Å². The van der Waals surface area contributed by atoms with E-state index in [1.807, 2.05) is 0 Å². The van der Waals surface area contributed by atoms with Crippen LogP contribution in [0, 0.1) is 0 Å². The molecule has 0 atom stereocenters. The topological polar surface area (TPSA) is 64.4 Å². The van der Waals surface area contributed by atoms with Crippen LogP contribution in [0.2, 0.25) is 0 Å². The van der Waals surface area contributed by atoms with E-state index in [9.17, 15) is 0 Å². The zero-order chi connectivity index (χ0) is 8.15. The zero-order valence-electron chi connectivity index (χ0n) is 6.39. The summed E-state index contributed by atoms with van der Waals surface area (Å²) in [6.45, 7) is 7.05. The number of hydrogen-bond acceptors (Lipinski definition) is 3. The number of rotatable bonds is 2. The predicted octanol–water partition coefficient (Wildman–Crippen LogP) is 0.740. The van der Waals surface area contributed by atoms with Gasteiger partial charge in [0, 0.05) is 17.6 Å². The molecule has 0 saturated carbocycles. The van der Waals surface area contributed by atoms with E-state index in [0.29, 0.717) is 17.1 Å². The van der Waals surface area contributed by atoms with Crippen LogP contribution < -0.4 is 11.5 Å². The van der Waals surface area contributed by atoms with Crippen molar-refractivity contribution in [3.8, 4) is 0 Å². The van der Waals surface area contributed by atoms with Gasteiger partial charge in [0.05, 0.1) is 5.71 Å². The Kier molecular flexibility index (Phi) is 3.25. The maximum Gasteiger partial charge on any atom is 0.0596 e. The van der Waals surface area contributed by atoms with Crippen LogP contribution in [0.1, 0.15) is 13.8 Å². The molecule has 0 aliphatic carbocycles. The number of allylic oxidation sites excluding steroid dienone is 2. The van der Waals surface area contributed by atoms with Crippen LogP contribution in [0.4, 0.5) is 0 Å². The van der Waals surface area contributed by atoms with E-state index < -0.39 is 0 Å². The van der Waals surface area contributed by atoms with E-state index >= 15 is 0 Å². The average molecular weight is 139 g/mol. The lowest BCUT2D eigenvalue weighted by Crippen LogP contribution is -2.05. The van der Waals surface area contributed by atoms with Crippen LogP contribution in [0.25, 0.3) is 0 Å². The SMILES string of the molecule is C=C(N)C(C)=N/C=C(/C)N. The highest BCUT2D eigenvalue weighted by molar-refractivity contribution is 5.97. The lowest BCUT2D eigenvalue weighted by molar-refractivity contribution is 1.27. The molecule has 0 aliphatic rings. The molecule has 0 spiro atoms. The van der Waals surface area contributed by atoms with E-state index in [4.69, 9.17) is 11.5 Å². The third-order valence-corrected chi connectivity index (χ3v) is 0.927. The molecule has 0 aliphatic heterocycles. The summed E-state index contributed by atoms with van der Waals surface area (Å²) in [5.74, 6) is 0. The second kappa shape index (κ2) is 3.71. The normalized spacial score (nSPS) is 13.4. The molecule has 0 aromatic carbocycles. The molecule has 0 bridgehead atoms. The predicted molar refractivity (Wildman–Crippen MR) is 44.4 cm³/mol. The van der Waals surface area contributed by atoms with Gasteiger partial charge in [-0.1, -0.05) is 6.58 Å². The van der Waals surface area contributed by atoms with Crippen LogP contribution in [-0.4, -0.2) is 5.71 Å². The fraction of sp³-hybridized carbons (Fsp3) is 0.286. The molecule has 4 N–H and O–H groups in total. The molecular formula is C7H13N3. The van der Waals surface area contributed by atoms with Crippen molar-refractivity contribution in [2.75, 3.05) is 0 Å². The lowest BCUT2D eigenvalue weighted by Gasteiger charge is -1.94. The smallest absolute Gasteiger partial charge is 0.0596 e. The molecule has 0 unspecified atom stereocenters. The van der Waals surface area contributed by atoms with Gasteiger partial charge in [-0.05, 0) is 13.8 Å². The first-order chi connectivity index (χ1) is 4.54. The van der Waals surface area contributed by atoms with Gasteiger partial charge >= 0.3 is 0 Å². The Morgan fingerprint density at radius 1 is 1.40 bits per heavy atom. The van der Waals surface area contributed by atoms with Gasteiger partial charge in [-0.3, -0.25) is 4.99 Å². The molecule has 3 nitrogen and oxygen atoms in total. The van der Waals surface area contributed by atoms with E-state index in [1.165, 1.54) is 0 Å². The molecule has 0 heterocycles. The van der Waals surface area contributed by atoms with Gasteiger partial charge in [0.2, 0.25) is 0 Å². The summed E-state index contributed by atoms with van der Waals surface area (Å²) in [6, 6.07) is 0. The van der Waals surface area contributed by atoms with Crippen molar-refractivity contribution in [3.05, 3.63) is 24.2 Å². The largest absolute Gasteiger partial charge is 0.401 e. The fourth-order valence-electron chi connectivity index (χ4n) is 0.282. The van der Waals surface area contributed by atoms with E-state index in [-0.39, 0.29) is 0 Å². The Morgan fingerprint density at radius 2 is 1.90 bits per heavy atom. The molecular weight excluding hydrogens is 126 g/mol. The van der Waals surface area contributed by atoms with Gasteiger partial charge in [0.15, 0.2) is 0 Å². The number of nitrogens with zero attached hydrogens (tertiary/aromatic N) is 1. The number of aliphatic imine (C=N–C) groups is 1. The van der Waals surface area contributed by atoms with E-state index in [1.54, 1.807) is 20.0 Å². The Hall–Kier alpha value is -1.25. The second-order valence-electron chi connectivity index (χ2n) is 2.11. The maximum absolute atomic E-state index is 5.33. The first-order valence-corrected chi connectivity index (χ1v) is 2.95. The van der Waals surface area contributed by atoms with Gasteiger partial charge in [-0.15, -0.1) is 0 Å². The highest BCUT2D eigenvalue weighted by atomic mass is 14.8. The fourth-order valence-corrected chi connectivity index (χ4v) is 0.282. The molecule has 0 aromatic rings. The van der Waals surface area contributed by atoms with Crippen LogP contribution in [0.3, 0.4) is 0 Å². The minimum Gasteiger partial charge on any atom is -0.401 e. The quantitative estimate of drug-likeness (QED) is 0.554. The Bertz CT molecular complexity index is 185. The van der Waals surface area contributed by atoms with Crippen molar-refractivity contribution >= 4 is 5.71 Å². The van der Waals surface area contributed by atoms with Crippen molar-refractivity contribution in [1.29, 1.82) is 0 Å². The highest BCUT2D eigenvalue weighted by Gasteiger charge is 1.87. The van der Waals surface area contributed by atoms with E-state index in [0.717, 1.165) is 0 Å². The highest BCUT2D eigenvalue weighted by Crippen LogP contribution is 1.88. The standard InChI is InChI=1S/C7H13N3/c1-5(8)4-10-7(3)6(2)9/h4H,2,8-9H2,1,3H3/b5-4-,10-7?. The van der Waals surface area contributed by atoms with Gasteiger partial charge < -0.3 is 11.5 Å². The zero-order valence-corrected chi connectivity index (χ0v) is 6.39. The van der Waals surface area contributed by atoms with Crippen molar-refractivity contribution in [2.24, 2.45) is 16.5 Å². The molecule has 0 amide bonds. The molecule has 10 heavy (non-hydrogen) atoms. The minimum absolute atomic E-state index is 0.470. The first-order valence-electron chi connectivity index (χ1n) is 2.95. The van der Waals surface area contributed by atoms with Crippen molar-refractivity contribution < 1.29 is 0 Å². The first kappa shape index (κ1) is 8.75. The number of nitrogens with two attached hydrogens (primary N) is 2. The molecule has 0 radical (unpaired) electrons. The summed E-state index contributed by atoms with van der Waals surface area (Å²) in [5, 5.41) is 0. The maximum atomic E-state index is 5.33. The van der Waals surface area contributed by atoms with Crippen molar-refractivity contribution in [3.63, 3.8) is 0 Å². The molecule has 3 heteroatoms. The molecule has 0 aromatic heterocycles. The summed E-state index contributed by atoms with van der Waals surface area (Å²) in [4.78, 5) is 3.93. The van der Waals surface area contributed by atoms with Crippen LogP contribution in [0.15, 0.2) is 29.2 Å². The second-order valence-corrected chi connectivity index (χ2v) is 2.11. The van der Waals surface area contributed by atoms with Crippen molar-refractivity contribution in [1.82, 2.24) is 0 Å². The Labute approximate surface area is 61.1 Å². The van der Waals surface area contributed by atoms with Crippen LogP contribution in [0.5, 0.6) is 0 Å². The van der Waals surface area contributed by atoms with E-state index in [2.05, 4.69) is 11.6 Å². The Morgan fingerprint density at radius 3 is 2.20 bits per heavy atom. The third-order valence-electron chi connectivity index (χ3n) is 0.927. The Balaban J connectivity index is 4.19. The van der Waals surface area contributed by atoms with Crippen LogP contribution >= 0.6 is 0 Å². The van der Waals surface area contributed by atoms with Gasteiger partial charge in [0.25, 0.3) is 0 Å². The average Bonchev–Trinajstić information content (AvgIpc) is 1.82. The van der Waals surface area contributed by atoms with Crippen molar-refractivity contribution in [2.45, 2.75) is 13.8 Å². The summed E-state index contributed by atoms with van der Waals surface area (Å²) < 4.78 is 0. The summed E-state index contributed by atoms with van der Waals surface area (Å²) in [5.41, 5.74) is 12.5.